The summed E-state index contributed by atoms with van der Waals surface area (Å²) < 4.78 is 13.1. The van der Waals surface area contributed by atoms with Crippen LogP contribution in [-0.2, 0) is 17.3 Å². The van der Waals surface area contributed by atoms with E-state index in [9.17, 15) is 0 Å². The average Bonchev–Trinajstić information content (AvgIpc) is 3.70. The third-order valence-electron chi connectivity index (χ3n) is 10.1. The van der Waals surface area contributed by atoms with Crippen LogP contribution in [0.4, 0.5) is 22.7 Å². The Balaban J connectivity index is 1.10. The van der Waals surface area contributed by atoms with Gasteiger partial charge >= 0.3 is 0 Å². The van der Waals surface area contributed by atoms with Gasteiger partial charge in [0.1, 0.15) is 11.2 Å². The van der Waals surface area contributed by atoms with E-state index >= 15 is 0 Å². The minimum atomic E-state index is -0.181. The molecule has 6 heteroatoms. The molecule has 2 heterocycles. The summed E-state index contributed by atoms with van der Waals surface area (Å²) in [6, 6.07) is 43.7. The van der Waals surface area contributed by atoms with Crippen LogP contribution in [0.1, 0.15) is 51.3 Å². The highest BCUT2D eigenvalue weighted by Crippen LogP contribution is 2.42. The summed E-state index contributed by atoms with van der Waals surface area (Å²) in [4.78, 5) is 3.42. The van der Waals surface area contributed by atoms with Gasteiger partial charge in [-0.2, -0.15) is 0 Å². The Kier molecular flexibility index (Phi) is 7.60. The molecule has 6 aromatic carbocycles. The minimum Gasteiger partial charge on any atom is -0.454 e. The first-order chi connectivity index (χ1) is 24.0. The third-order valence-corrected chi connectivity index (χ3v) is 10.1. The second-order valence-corrected chi connectivity index (χ2v) is 14.9. The monoisotopic (exact) mass is 648 g/mol. The van der Waals surface area contributed by atoms with Gasteiger partial charge in [-0.3, -0.25) is 0 Å². The maximum atomic E-state index is 6.90. The maximum absolute atomic E-state index is 6.90. The van der Waals surface area contributed by atoms with Gasteiger partial charge in [0.25, 0.3) is 0 Å². The Bertz CT molecular complexity index is 2500. The first-order valence-corrected chi connectivity index (χ1v) is 17.1. The fourth-order valence-electron chi connectivity index (χ4n) is 7.17. The Morgan fingerprint density at radius 3 is 1.60 bits per heavy atom. The zero-order valence-electron chi connectivity index (χ0n) is 29.2. The van der Waals surface area contributed by atoms with Gasteiger partial charge in [0.05, 0.1) is 11.4 Å². The summed E-state index contributed by atoms with van der Waals surface area (Å²) in [5.41, 5.74) is 10.2. The molecular formula is C44H38B2N2O2. The van der Waals surface area contributed by atoms with Crippen molar-refractivity contribution in [3.05, 3.63) is 144 Å². The van der Waals surface area contributed by atoms with E-state index in [0.717, 1.165) is 78.6 Å². The van der Waals surface area contributed by atoms with Gasteiger partial charge in [-0.1, -0.05) is 120 Å². The van der Waals surface area contributed by atoms with E-state index in [4.69, 9.17) is 24.8 Å². The van der Waals surface area contributed by atoms with Crippen LogP contribution in [-0.4, -0.2) is 16.0 Å². The Hall–Kier alpha value is -5.35. The number of benzene rings is 6. The SMILES string of the molecule is [B]N(c1ccc(C(C)(C)C)cc1)c1ccc(C(C)(C)Cc2cccc3c2oc2c(N([B])c4cccc5c4oc4ccccc45)cccc23)cc1. The standard InChI is InChI=1S/C44H38B2N2O2/c1-43(2,3)29-19-23-31(24-20-29)47(45)32-25-21-30(22-26-32)44(4,5)27-28-11-8-13-35-36-15-10-17-38(42(36)50-40(28)35)48(46)37-16-9-14-34-33-12-6-7-18-39(33)49-41(34)37/h6-26H,27H2,1-5H3. The molecule has 0 atom stereocenters. The Morgan fingerprint density at radius 1 is 0.480 bits per heavy atom. The van der Waals surface area contributed by atoms with Crippen LogP contribution >= 0.6 is 0 Å². The van der Waals surface area contributed by atoms with Crippen LogP contribution in [0.5, 0.6) is 0 Å². The molecular weight excluding hydrogens is 610 g/mol. The fourth-order valence-corrected chi connectivity index (χ4v) is 7.17. The van der Waals surface area contributed by atoms with Crippen LogP contribution in [0.3, 0.4) is 0 Å². The number of fused-ring (bicyclic) bond motifs is 6. The second kappa shape index (κ2) is 11.9. The number of anilines is 4. The van der Waals surface area contributed by atoms with E-state index in [1.165, 1.54) is 11.1 Å². The number of hydrogen-bond acceptors (Lipinski definition) is 4. The zero-order valence-corrected chi connectivity index (χ0v) is 29.2. The molecule has 0 spiro atoms. The first kappa shape index (κ1) is 31.9. The molecule has 0 aliphatic heterocycles. The van der Waals surface area contributed by atoms with Crippen LogP contribution in [0.15, 0.2) is 136 Å². The number of rotatable bonds is 7. The molecule has 0 fully saturated rings. The highest BCUT2D eigenvalue weighted by Gasteiger charge is 2.25. The number of furan rings is 2. The van der Waals surface area contributed by atoms with Crippen LogP contribution in [0.2, 0.25) is 0 Å². The number of hydrogen-bond donors (Lipinski definition) is 0. The molecule has 0 amide bonds. The summed E-state index contributed by atoms with van der Waals surface area (Å²) in [5.74, 6) is 0. The Labute approximate surface area is 296 Å². The lowest BCUT2D eigenvalue weighted by Crippen LogP contribution is -2.21. The van der Waals surface area contributed by atoms with Crippen molar-refractivity contribution in [2.45, 2.75) is 51.9 Å². The normalized spacial score (nSPS) is 12.3. The van der Waals surface area contributed by atoms with Gasteiger partial charge in [0.15, 0.2) is 11.2 Å². The molecule has 2 aromatic heterocycles. The van der Waals surface area contributed by atoms with Gasteiger partial charge in [-0.15, -0.1) is 0 Å². The van der Waals surface area contributed by atoms with Gasteiger partial charge in [0.2, 0.25) is 16.0 Å². The quantitative estimate of drug-likeness (QED) is 0.161. The highest BCUT2D eigenvalue weighted by atomic mass is 16.3. The van der Waals surface area contributed by atoms with Crippen molar-refractivity contribution >= 4 is 82.6 Å². The maximum Gasteiger partial charge on any atom is 0.235 e. The van der Waals surface area contributed by atoms with E-state index in [1.54, 1.807) is 9.62 Å². The topological polar surface area (TPSA) is 32.8 Å². The van der Waals surface area contributed by atoms with Crippen molar-refractivity contribution in [2.75, 3.05) is 9.62 Å². The zero-order chi connectivity index (χ0) is 34.8. The molecule has 0 saturated heterocycles. The van der Waals surface area contributed by atoms with Crippen molar-refractivity contribution in [3.8, 4) is 0 Å². The van der Waals surface area contributed by atoms with Crippen molar-refractivity contribution in [3.63, 3.8) is 0 Å². The molecule has 242 valence electrons. The molecule has 4 nitrogen and oxygen atoms in total. The lowest BCUT2D eigenvalue weighted by molar-refractivity contribution is 0.519. The van der Waals surface area contributed by atoms with E-state index in [2.05, 4.69) is 120 Å². The van der Waals surface area contributed by atoms with Crippen LogP contribution in [0.25, 0.3) is 43.9 Å². The van der Waals surface area contributed by atoms with E-state index in [1.807, 2.05) is 42.5 Å². The minimum absolute atomic E-state index is 0.0936. The molecule has 8 aromatic rings. The molecule has 4 radical (unpaired) electrons. The Morgan fingerprint density at radius 2 is 0.980 bits per heavy atom. The largest absolute Gasteiger partial charge is 0.454 e. The fraction of sp³-hybridized carbons (Fsp3) is 0.182. The smallest absolute Gasteiger partial charge is 0.235 e. The van der Waals surface area contributed by atoms with Gasteiger partial charge in [0, 0.05) is 32.9 Å². The molecule has 0 N–H and O–H groups in total. The molecule has 0 saturated carbocycles. The van der Waals surface area contributed by atoms with E-state index in [0.29, 0.717) is 0 Å². The van der Waals surface area contributed by atoms with Gasteiger partial charge < -0.3 is 18.5 Å². The molecule has 0 unspecified atom stereocenters. The summed E-state index contributed by atoms with van der Waals surface area (Å²) in [5, 5.41) is 4.18. The predicted octanol–water partition coefficient (Wildman–Crippen LogP) is 11.7. The van der Waals surface area contributed by atoms with Gasteiger partial charge in [-0.05, 0) is 76.4 Å². The molecule has 50 heavy (non-hydrogen) atoms. The summed E-state index contributed by atoms with van der Waals surface area (Å²) in [6.45, 7) is 11.2. The van der Waals surface area contributed by atoms with Crippen LogP contribution < -0.4 is 9.62 Å². The molecule has 8 rings (SSSR count). The van der Waals surface area contributed by atoms with Crippen molar-refractivity contribution < 1.29 is 8.83 Å². The van der Waals surface area contributed by atoms with Crippen molar-refractivity contribution in [1.82, 2.24) is 0 Å². The highest BCUT2D eigenvalue weighted by molar-refractivity contribution is 6.28. The molecule has 0 aliphatic carbocycles. The lowest BCUT2D eigenvalue weighted by atomic mass is 9.79. The lowest BCUT2D eigenvalue weighted by Gasteiger charge is -2.27. The predicted molar refractivity (Wildman–Crippen MR) is 212 cm³/mol. The number of para-hydroxylation sites is 4. The summed E-state index contributed by atoms with van der Waals surface area (Å²) in [7, 11) is 13.5. The van der Waals surface area contributed by atoms with Crippen molar-refractivity contribution in [1.29, 1.82) is 0 Å². The summed E-state index contributed by atoms with van der Waals surface area (Å²) in [6.07, 6.45) is 0.782. The number of nitrogens with zero attached hydrogens (tertiary/aromatic N) is 2. The van der Waals surface area contributed by atoms with Crippen LogP contribution in [0, 0.1) is 0 Å². The first-order valence-electron chi connectivity index (χ1n) is 17.1. The molecule has 0 bridgehead atoms. The molecule has 0 aliphatic rings. The van der Waals surface area contributed by atoms with E-state index < -0.39 is 0 Å². The summed E-state index contributed by atoms with van der Waals surface area (Å²) >= 11 is 0. The average molecular weight is 648 g/mol. The van der Waals surface area contributed by atoms with Gasteiger partial charge in [-0.25, -0.2) is 0 Å². The van der Waals surface area contributed by atoms with E-state index in [-0.39, 0.29) is 10.8 Å². The second-order valence-electron chi connectivity index (χ2n) is 14.9. The van der Waals surface area contributed by atoms with Crippen molar-refractivity contribution in [2.24, 2.45) is 0 Å². The third kappa shape index (κ3) is 5.44.